The first-order chi connectivity index (χ1) is 8.78. The van der Waals surface area contributed by atoms with Crippen LogP contribution < -0.4 is 11.5 Å². The molecular formula is C12H19N3O3S. The number of primary amides is 1. The standard InChI is InChI=1S/C12H19N3O3S/c1-9(2)15(8-12(14)16)19(17,18)11-5-3-4-10(6-11)7-13/h3-6,9H,7-8,13H2,1-2H3,(H2,14,16). The predicted octanol–water partition coefficient (Wildman–Crippen LogP) is 0.0297. The molecule has 4 N–H and O–H groups in total. The molecular weight excluding hydrogens is 266 g/mol. The third-order valence-electron chi connectivity index (χ3n) is 2.63. The van der Waals surface area contributed by atoms with Crippen LogP contribution in [0, 0.1) is 0 Å². The Labute approximate surface area is 113 Å². The molecule has 106 valence electrons. The molecule has 0 saturated carbocycles. The maximum absolute atomic E-state index is 12.5. The lowest BCUT2D eigenvalue weighted by atomic mass is 10.2. The largest absolute Gasteiger partial charge is 0.369 e. The van der Waals surface area contributed by atoms with Crippen LogP contribution in [0.5, 0.6) is 0 Å². The summed E-state index contributed by atoms with van der Waals surface area (Å²) in [7, 11) is -3.75. The second-order valence-electron chi connectivity index (χ2n) is 4.46. The molecule has 0 radical (unpaired) electrons. The zero-order valence-corrected chi connectivity index (χ0v) is 11.9. The summed E-state index contributed by atoms with van der Waals surface area (Å²) in [6.45, 7) is 3.29. The van der Waals surface area contributed by atoms with Gasteiger partial charge in [-0.1, -0.05) is 12.1 Å². The molecule has 1 aromatic carbocycles. The lowest BCUT2D eigenvalue weighted by molar-refractivity contribution is -0.118. The third kappa shape index (κ3) is 3.76. The molecule has 19 heavy (non-hydrogen) atoms. The number of nitrogens with two attached hydrogens (primary N) is 2. The normalized spacial score (nSPS) is 12.1. The Balaban J connectivity index is 3.22. The molecule has 0 fully saturated rings. The summed E-state index contributed by atoms with van der Waals surface area (Å²) in [6, 6.07) is 5.99. The first-order valence-corrected chi connectivity index (χ1v) is 7.32. The van der Waals surface area contributed by atoms with E-state index in [4.69, 9.17) is 11.5 Å². The highest BCUT2D eigenvalue weighted by Gasteiger charge is 2.28. The highest BCUT2D eigenvalue weighted by atomic mass is 32.2. The number of nitrogens with zero attached hydrogens (tertiary/aromatic N) is 1. The van der Waals surface area contributed by atoms with Crippen molar-refractivity contribution in [2.45, 2.75) is 31.3 Å². The van der Waals surface area contributed by atoms with Gasteiger partial charge in [-0.2, -0.15) is 4.31 Å². The SMILES string of the molecule is CC(C)N(CC(N)=O)S(=O)(=O)c1cccc(CN)c1. The van der Waals surface area contributed by atoms with Crippen molar-refractivity contribution < 1.29 is 13.2 Å². The molecule has 0 spiro atoms. The van der Waals surface area contributed by atoms with Crippen molar-refractivity contribution in [2.24, 2.45) is 11.5 Å². The zero-order valence-electron chi connectivity index (χ0n) is 11.0. The molecule has 0 aliphatic rings. The number of benzene rings is 1. The monoisotopic (exact) mass is 285 g/mol. The first-order valence-electron chi connectivity index (χ1n) is 5.88. The van der Waals surface area contributed by atoms with E-state index in [1.807, 2.05) is 0 Å². The number of hydrogen-bond acceptors (Lipinski definition) is 4. The maximum Gasteiger partial charge on any atom is 0.243 e. The number of sulfonamides is 1. The Bertz CT molecular complexity index is 555. The van der Waals surface area contributed by atoms with Crippen LogP contribution in [0.4, 0.5) is 0 Å². The zero-order chi connectivity index (χ0) is 14.6. The summed E-state index contributed by atoms with van der Waals surface area (Å²) in [5.41, 5.74) is 11.3. The average molecular weight is 285 g/mol. The molecule has 1 aromatic rings. The molecule has 0 aliphatic heterocycles. The first kappa shape index (κ1) is 15.6. The Morgan fingerprint density at radius 1 is 1.37 bits per heavy atom. The molecule has 1 amide bonds. The van der Waals surface area contributed by atoms with E-state index in [-0.39, 0.29) is 24.0 Å². The molecule has 6 nitrogen and oxygen atoms in total. The van der Waals surface area contributed by atoms with E-state index in [1.165, 1.54) is 12.1 Å². The van der Waals surface area contributed by atoms with Gasteiger partial charge in [-0.25, -0.2) is 8.42 Å². The smallest absolute Gasteiger partial charge is 0.243 e. The van der Waals surface area contributed by atoms with Crippen molar-refractivity contribution in [1.82, 2.24) is 4.31 Å². The van der Waals surface area contributed by atoms with Crippen molar-refractivity contribution in [3.8, 4) is 0 Å². The number of carbonyl (C=O) groups is 1. The minimum atomic E-state index is -3.75. The van der Waals surface area contributed by atoms with E-state index >= 15 is 0 Å². The van der Waals surface area contributed by atoms with Crippen molar-refractivity contribution in [1.29, 1.82) is 0 Å². The maximum atomic E-state index is 12.5. The second-order valence-corrected chi connectivity index (χ2v) is 6.35. The van der Waals surface area contributed by atoms with Gasteiger partial charge < -0.3 is 11.5 Å². The topological polar surface area (TPSA) is 106 Å². The third-order valence-corrected chi connectivity index (χ3v) is 4.65. The summed E-state index contributed by atoms with van der Waals surface area (Å²) >= 11 is 0. The van der Waals surface area contributed by atoms with Crippen LogP contribution in [0.15, 0.2) is 29.2 Å². The van der Waals surface area contributed by atoms with Gasteiger partial charge >= 0.3 is 0 Å². The van der Waals surface area contributed by atoms with E-state index in [1.54, 1.807) is 26.0 Å². The predicted molar refractivity (Wildman–Crippen MR) is 72.6 cm³/mol. The van der Waals surface area contributed by atoms with E-state index in [0.717, 1.165) is 4.31 Å². The van der Waals surface area contributed by atoms with Crippen molar-refractivity contribution in [2.75, 3.05) is 6.54 Å². The van der Waals surface area contributed by atoms with Gasteiger partial charge in [0.2, 0.25) is 15.9 Å². The van der Waals surface area contributed by atoms with Gasteiger partial charge in [0, 0.05) is 12.6 Å². The molecule has 0 aromatic heterocycles. The lowest BCUT2D eigenvalue weighted by Gasteiger charge is -2.24. The number of hydrogen-bond donors (Lipinski definition) is 2. The van der Waals surface area contributed by atoms with E-state index in [0.29, 0.717) is 5.56 Å². The van der Waals surface area contributed by atoms with Gasteiger partial charge in [0.1, 0.15) is 0 Å². The minimum absolute atomic E-state index is 0.116. The summed E-state index contributed by atoms with van der Waals surface area (Å²) in [6.07, 6.45) is 0. The summed E-state index contributed by atoms with van der Waals surface area (Å²) < 4.78 is 26.0. The van der Waals surface area contributed by atoms with E-state index in [9.17, 15) is 13.2 Å². The van der Waals surface area contributed by atoms with Crippen LogP contribution in [0.1, 0.15) is 19.4 Å². The number of amides is 1. The van der Waals surface area contributed by atoms with Crippen molar-refractivity contribution in [3.05, 3.63) is 29.8 Å². The van der Waals surface area contributed by atoms with Gasteiger partial charge in [-0.05, 0) is 31.5 Å². The highest BCUT2D eigenvalue weighted by Crippen LogP contribution is 2.19. The summed E-state index contributed by atoms with van der Waals surface area (Å²) in [5, 5.41) is 0. The van der Waals surface area contributed by atoms with Crippen LogP contribution in [0.2, 0.25) is 0 Å². The molecule has 0 atom stereocenters. The van der Waals surface area contributed by atoms with Crippen molar-refractivity contribution in [3.63, 3.8) is 0 Å². The van der Waals surface area contributed by atoms with E-state index in [2.05, 4.69) is 0 Å². The van der Waals surface area contributed by atoms with Crippen molar-refractivity contribution >= 4 is 15.9 Å². The molecule has 0 aliphatic carbocycles. The molecule has 0 saturated heterocycles. The van der Waals surface area contributed by atoms with Crippen LogP contribution in [0.25, 0.3) is 0 Å². The second kappa shape index (κ2) is 6.14. The fraction of sp³-hybridized carbons (Fsp3) is 0.417. The Morgan fingerprint density at radius 3 is 2.47 bits per heavy atom. The Kier molecular flexibility index (Phi) is 5.04. The van der Waals surface area contributed by atoms with Crippen LogP contribution >= 0.6 is 0 Å². The quantitative estimate of drug-likeness (QED) is 0.769. The fourth-order valence-corrected chi connectivity index (χ4v) is 3.34. The molecule has 7 heteroatoms. The van der Waals surface area contributed by atoms with E-state index < -0.39 is 15.9 Å². The van der Waals surface area contributed by atoms with Crippen LogP contribution in [-0.2, 0) is 21.4 Å². The fourth-order valence-electron chi connectivity index (χ4n) is 1.67. The van der Waals surface area contributed by atoms with Gasteiger partial charge in [-0.15, -0.1) is 0 Å². The minimum Gasteiger partial charge on any atom is -0.369 e. The molecule has 0 heterocycles. The van der Waals surface area contributed by atoms with Gasteiger partial charge in [-0.3, -0.25) is 4.79 Å². The Morgan fingerprint density at radius 2 is 2.00 bits per heavy atom. The van der Waals surface area contributed by atoms with Crippen LogP contribution in [-0.4, -0.2) is 31.2 Å². The van der Waals surface area contributed by atoms with Gasteiger partial charge in [0.25, 0.3) is 0 Å². The lowest BCUT2D eigenvalue weighted by Crippen LogP contribution is -2.42. The number of rotatable bonds is 6. The summed E-state index contributed by atoms with van der Waals surface area (Å²) in [4.78, 5) is 11.1. The molecule has 0 bridgehead atoms. The summed E-state index contributed by atoms with van der Waals surface area (Å²) in [5.74, 6) is -0.688. The van der Waals surface area contributed by atoms with Gasteiger partial charge in [0.15, 0.2) is 0 Å². The molecule has 0 unspecified atom stereocenters. The average Bonchev–Trinajstić information content (AvgIpc) is 2.35. The number of carbonyl (C=O) groups excluding carboxylic acids is 1. The highest BCUT2D eigenvalue weighted by molar-refractivity contribution is 7.89. The van der Waals surface area contributed by atoms with Gasteiger partial charge in [0.05, 0.1) is 11.4 Å². The molecule has 1 rings (SSSR count). The Hall–Kier alpha value is -1.44. The van der Waals surface area contributed by atoms with Crippen LogP contribution in [0.3, 0.4) is 0 Å².